The maximum Gasteiger partial charge on any atom is 0.416 e. The zero-order valence-electron chi connectivity index (χ0n) is 35.1. The van der Waals surface area contributed by atoms with E-state index in [1.54, 1.807) is 0 Å². The zero-order chi connectivity index (χ0) is 54.4. The van der Waals surface area contributed by atoms with Gasteiger partial charge >= 0.3 is 49.4 Å². The molecule has 0 aliphatic rings. The van der Waals surface area contributed by atoms with Gasteiger partial charge in [-0.25, -0.2) is 4.57 Å². The first kappa shape index (κ1) is 56.9. The van der Waals surface area contributed by atoms with Crippen LogP contribution in [0.1, 0.15) is 55.6 Å². The standard InChI is InChI=1S/C32H12BF24.C13H13NS/c34-25(35,36)13-1-14(26(37,38)39)6-21(5-13)33(22-7-15(27(40,41)42)2-16(8-22)28(43,44)45,23-9-17(29(46,47)48)3-18(10-23)30(49,50)51)24-11-19(31(52,53)54)4-20(12-24)32(55,56)57;15-11-13-6-8-14(9-7-13)10-12-4-2-1-3-5-12/h1-12H;1-9H,10-11H2/q-1;/p+1. The molecule has 0 aliphatic heterocycles. The molecule has 0 N–H and O–H groups in total. The highest BCUT2D eigenvalue weighted by atomic mass is 32.1. The van der Waals surface area contributed by atoms with Crippen LogP contribution in [0, 0.1) is 0 Å². The molecule has 0 bridgehead atoms. The van der Waals surface area contributed by atoms with Gasteiger partial charge < -0.3 is 0 Å². The summed E-state index contributed by atoms with van der Waals surface area (Å²) in [7, 11) is 0. The first-order valence-corrected chi connectivity index (χ1v) is 20.3. The largest absolute Gasteiger partial charge is 0.416 e. The van der Waals surface area contributed by atoms with Gasteiger partial charge in [-0.15, -0.1) is 0 Å². The molecule has 27 heteroatoms. The second-order valence-electron chi connectivity index (χ2n) is 15.7. The van der Waals surface area contributed by atoms with E-state index < -0.39 is 195 Å². The summed E-state index contributed by atoms with van der Waals surface area (Å²) in [5.41, 5.74) is -27.6. The van der Waals surface area contributed by atoms with Gasteiger partial charge in [-0.2, -0.15) is 140 Å². The SMILES string of the molecule is FC(F)(F)c1cc([B-](c2cc(C(F)(F)F)cc(C(F)(F)F)c2)(c2cc(C(F)(F)F)cc(C(F)(F)F)c2)c2cc(C(F)(F)F)cc(C(F)(F)F)c2)cc(C(F)(F)F)c1.SCc1cc[n+](Cc2ccccc2)cc1. The fourth-order valence-corrected chi connectivity index (χ4v) is 7.77. The van der Waals surface area contributed by atoms with Gasteiger partial charge in [-0.3, -0.25) is 0 Å². The highest BCUT2D eigenvalue weighted by molar-refractivity contribution is 7.79. The molecule has 72 heavy (non-hydrogen) atoms. The van der Waals surface area contributed by atoms with E-state index in [2.05, 4.69) is 66.0 Å². The molecule has 0 radical (unpaired) electrons. The van der Waals surface area contributed by atoms with E-state index in [1.807, 2.05) is 6.07 Å². The summed E-state index contributed by atoms with van der Waals surface area (Å²) in [6.45, 7) is 0.924. The van der Waals surface area contributed by atoms with Gasteiger partial charge in [0.1, 0.15) is 6.15 Å². The Balaban J connectivity index is 0.000000542. The summed E-state index contributed by atoms with van der Waals surface area (Å²) in [6, 6.07) is 5.86. The minimum atomic E-state index is -6.13. The lowest BCUT2D eigenvalue weighted by Gasteiger charge is -2.46. The van der Waals surface area contributed by atoms with E-state index in [1.165, 1.54) is 11.1 Å². The number of nitrogens with zero attached hydrogens (tertiary/aromatic N) is 1. The molecular formula is C45H26BF24NS. The quantitative estimate of drug-likeness (QED) is 0.0703. The van der Waals surface area contributed by atoms with Crippen molar-refractivity contribution in [2.24, 2.45) is 0 Å². The van der Waals surface area contributed by atoms with Crippen LogP contribution in [0.25, 0.3) is 0 Å². The van der Waals surface area contributed by atoms with Gasteiger partial charge in [0.25, 0.3) is 0 Å². The summed E-state index contributed by atoms with van der Waals surface area (Å²) in [6.07, 6.45) is -50.6. The third-order valence-electron chi connectivity index (χ3n) is 10.8. The Morgan fingerprint density at radius 3 is 0.722 bits per heavy atom. The van der Waals surface area contributed by atoms with Gasteiger partial charge in [0.05, 0.1) is 44.5 Å². The van der Waals surface area contributed by atoms with E-state index >= 15 is 0 Å². The molecule has 5 aromatic carbocycles. The topological polar surface area (TPSA) is 3.88 Å². The van der Waals surface area contributed by atoms with Crippen molar-refractivity contribution in [3.8, 4) is 0 Å². The Morgan fingerprint density at radius 2 is 0.528 bits per heavy atom. The average Bonchev–Trinajstić information content (AvgIpc) is 3.25. The second kappa shape index (κ2) is 19.8. The van der Waals surface area contributed by atoms with Crippen LogP contribution in [0.15, 0.2) is 128 Å². The molecule has 0 saturated heterocycles. The van der Waals surface area contributed by atoms with E-state index in [9.17, 15) is 105 Å². The van der Waals surface area contributed by atoms with Crippen molar-refractivity contribution in [2.75, 3.05) is 0 Å². The number of hydrogen-bond donors (Lipinski definition) is 1. The number of rotatable bonds is 7. The minimum Gasteiger partial charge on any atom is -0.201 e. The van der Waals surface area contributed by atoms with Crippen molar-refractivity contribution in [2.45, 2.75) is 61.7 Å². The third-order valence-corrected chi connectivity index (χ3v) is 11.2. The third kappa shape index (κ3) is 13.3. The van der Waals surface area contributed by atoms with Crippen molar-refractivity contribution in [3.63, 3.8) is 0 Å². The Kier molecular flexibility index (Phi) is 15.6. The number of halogens is 24. The number of hydrogen-bond acceptors (Lipinski definition) is 1. The van der Waals surface area contributed by atoms with E-state index in [-0.39, 0.29) is 0 Å². The molecule has 0 fully saturated rings. The van der Waals surface area contributed by atoms with Crippen molar-refractivity contribution in [1.82, 2.24) is 0 Å². The van der Waals surface area contributed by atoms with E-state index in [0.29, 0.717) is 0 Å². The normalized spacial score (nSPS) is 13.5. The lowest BCUT2D eigenvalue weighted by molar-refractivity contribution is -0.688. The van der Waals surface area contributed by atoms with Crippen molar-refractivity contribution in [1.29, 1.82) is 0 Å². The van der Waals surface area contributed by atoms with Crippen LogP contribution < -0.4 is 26.4 Å². The smallest absolute Gasteiger partial charge is 0.201 e. The summed E-state index contributed by atoms with van der Waals surface area (Å²) in [5, 5.41) is 0. The average molecular weight is 1080 g/mol. The molecule has 1 heterocycles. The number of aromatic nitrogens is 1. The fourth-order valence-electron chi connectivity index (χ4n) is 7.56. The van der Waals surface area contributed by atoms with Crippen LogP contribution in [0.5, 0.6) is 0 Å². The number of benzene rings is 5. The number of alkyl halides is 24. The summed E-state index contributed by atoms with van der Waals surface area (Å²) < 4.78 is 343. The first-order chi connectivity index (χ1) is 32.6. The zero-order valence-corrected chi connectivity index (χ0v) is 36.0. The van der Waals surface area contributed by atoms with Crippen LogP contribution in [-0.2, 0) is 61.7 Å². The van der Waals surface area contributed by atoms with Crippen molar-refractivity contribution >= 4 is 40.6 Å². The molecular weight excluding hydrogens is 1050 g/mol. The molecule has 0 aliphatic carbocycles. The predicted molar refractivity (Wildman–Crippen MR) is 215 cm³/mol. The van der Waals surface area contributed by atoms with Crippen molar-refractivity contribution in [3.05, 3.63) is 183 Å². The lowest BCUT2D eigenvalue weighted by Crippen LogP contribution is -2.75. The van der Waals surface area contributed by atoms with Crippen LogP contribution in [0.4, 0.5) is 105 Å². The maximum atomic E-state index is 14.2. The molecule has 0 saturated carbocycles. The van der Waals surface area contributed by atoms with Crippen LogP contribution in [0.3, 0.4) is 0 Å². The Bertz CT molecular complexity index is 2410. The second-order valence-corrected chi connectivity index (χ2v) is 16.1. The minimum absolute atomic E-state index is 0.691. The Morgan fingerprint density at radius 1 is 0.306 bits per heavy atom. The molecule has 0 unspecified atom stereocenters. The lowest BCUT2D eigenvalue weighted by atomic mass is 9.12. The number of pyridine rings is 1. The monoisotopic (exact) mass is 1080 g/mol. The highest BCUT2D eigenvalue weighted by Gasteiger charge is 2.47. The highest BCUT2D eigenvalue weighted by Crippen LogP contribution is 2.41. The van der Waals surface area contributed by atoms with E-state index in [0.717, 1.165) is 12.3 Å². The summed E-state index contributed by atoms with van der Waals surface area (Å²) in [4.78, 5) is 0. The Labute approximate surface area is 395 Å². The van der Waals surface area contributed by atoms with Gasteiger partial charge in [0.2, 0.25) is 0 Å². The van der Waals surface area contributed by atoms with Gasteiger partial charge in [0, 0.05) is 23.4 Å². The maximum absolute atomic E-state index is 14.2. The van der Waals surface area contributed by atoms with E-state index in [4.69, 9.17) is 0 Å². The van der Waals surface area contributed by atoms with Gasteiger partial charge in [-0.05, 0) is 29.8 Å². The first-order valence-electron chi connectivity index (χ1n) is 19.6. The number of thiol groups is 1. The van der Waals surface area contributed by atoms with Gasteiger partial charge in [-0.1, -0.05) is 78.9 Å². The molecule has 0 amide bonds. The summed E-state index contributed by atoms with van der Waals surface area (Å²) in [5.74, 6) is 0.798. The van der Waals surface area contributed by atoms with Gasteiger partial charge in [0.15, 0.2) is 18.9 Å². The van der Waals surface area contributed by atoms with Crippen LogP contribution in [0.2, 0.25) is 0 Å². The summed E-state index contributed by atoms with van der Waals surface area (Å²) >= 11 is 4.23. The molecule has 388 valence electrons. The molecule has 6 rings (SSSR count). The van der Waals surface area contributed by atoms with Crippen LogP contribution in [-0.4, -0.2) is 6.15 Å². The molecule has 1 nitrogen and oxygen atoms in total. The molecule has 0 spiro atoms. The molecule has 0 atom stereocenters. The fraction of sp³-hybridized carbons (Fsp3) is 0.222. The molecule has 1 aromatic heterocycles. The van der Waals surface area contributed by atoms with Crippen molar-refractivity contribution < 1.29 is 110 Å². The van der Waals surface area contributed by atoms with Crippen LogP contribution >= 0.6 is 12.6 Å². The predicted octanol–water partition coefficient (Wildman–Crippen LogP) is 13.7. The molecule has 6 aromatic rings. The Hall–Kier alpha value is -6.02.